The fourth-order valence-electron chi connectivity index (χ4n) is 1.11. The summed E-state index contributed by atoms with van der Waals surface area (Å²) >= 11 is 5.70. The molecule has 2 rings (SSSR count). The molecule has 0 bridgehead atoms. The molecule has 0 spiro atoms. The topological polar surface area (TPSA) is 38.9 Å². The van der Waals surface area contributed by atoms with Gasteiger partial charge >= 0.3 is 0 Å². The average Bonchev–Trinajstić information content (AvgIpc) is 2.47. The van der Waals surface area contributed by atoms with E-state index in [0.717, 1.165) is 15.5 Å². The van der Waals surface area contributed by atoms with E-state index in [9.17, 15) is 0 Å². The highest BCUT2D eigenvalue weighted by molar-refractivity contribution is 7.83. The van der Waals surface area contributed by atoms with Crippen LogP contribution in [0.2, 0.25) is 0 Å². The standard InChI is InChI=1S/C9H8N2S2/c10-9-11-7(8(12)13-9)6-4-2-1-3-5-6/h1-5,12H,(H2,10,11). The molecule has 0 unspecified atom stereocenters. The fourth-order valence-corrected chi connectivity index (χ4v) is 2.17. The van der Waals surface area contributed by atoms with E-state index in [2.05, 4.69) is 17.6 Å². The zero-order valence-corrected chi connectivity index (χ0v) is 8.48. The third kappa shape index (κ3) is 1.68. The molecule has 0 radical (unpaired) electrons. The maximum Gasteiger partial charge on any atom is 0.181 e. The van der Waals surface area contributed by atoms with Gasteiger partial charge < -0.3 is 5.73 Å². The average molecular weight is 208 g/mol. The molecule has 0 aliphatic carbocycles. The normalized spacial score (nSPS) is 10.2. The van der Waals surface area contributed by atoms with Gasteiger partial charge in [0, 0.05) is 5.56 Å². The van der Waals surface area contributed by atoms with Gasteiger partial charge in [0.1, 0.15) is 0 Å². The molecule has 2 N–H and O–H groups in total. The van der Waals surface area contributed by atoms with Crippen LogP contribution >= 0.6 is 24.0 Å². The summed E-state index contributed by atoms with van der Waals surface area (Å²) in [6.07, 6.45) is 0. The second kappa shape index (κ2) is 3.40. The van der Waals surface area contributed by atoms with Gasteiger partial charge in [-0.2, -0.15) is 0 Å². The Bertz CT molecular complexity index is 409. The molecule has 0 amide bonds. The van der Waals surface area contributed by atoms with Crippen molar-refractivity contribution in [3.63, 3.8) is 0 Å². The maximum absolute atomic E-state index is 5.58. The minimum absolute atomic E-state index is 0.559. The molecular formula is C9H8N2S2. The molecule has 4 heteroatoms. The van der Waals surface area contributed by atoms with Crippen LogP contribution in [0.5, 0.6) is 0 Å². The molecule has 66 valence electrons. The Morgan fingerprint density at radius 1 is 1.23 bits per heavy atom. The third-order valence-corrected chi connectivity index (χ3v) is 2.85. The van der Waals surface area contributed by atoms with E-state index in [1.165, 1.54) is 11.3 Å². The van der Waals surface area contributed by atoms with Crippen LogP contribution in [0.4, 0.5) is 5.13 Å². The van der Waals surface area contributed by atoms with Gasteiger partial charge in [-0.05, 0) is 0 Å². The summed E-state index contributed by atoms with van der Waals surface area (Å²) in [6.45, 7) is 0. The van der Waals surface area contributed by atoms with E-state index in [1.54, 1.807) is 0 Å². The first-order valence-corrected chi connectivity index (χ1v) is 5.04. The molecule has 2 aromatic rings. The first-order chi connectivity index (χ1) is 6.27. The Kier molecular flexibility index (Phi) is 2.24. The Balaban J connectivity index is 2.53. The number of rotatable bonds is 1. The molecule has 13 heavy (non-hydrogen) atoms. The van der Waals surface area contributed by atoms with Gasteiger partial charge in [-0.3, -0.25) is 0 Å². The molecule has 1 heterocycles. The summed E-state index contributed by atoms with van der Waals surface area (Å²) in [5.41, 5.74) is 7.50. The summed E-state index contributed by atoms with van der Waals surface area (Å²) in [4.78, 5) is 4.20. The predicted octanol–water partition coefficient (Wildman–Crippen LogP) is 2.68. The minimum Gasteiger partial charge on any atom is -0.375 e. The lowest BCUT2D eigenvalue weighted by Crippen LogP contribution is -1.82. The van der Waals surface area contributed by atoms with Crippen molar-refractivity contribution in [2.24, 2.45) is 0 Å². The lowest BCUT2D eigenvalue weighted by molar-refractivity contribution is 1.37. The van der Waals surface area contributed by atoms with E-state index in [4.69, 9.17) is 5.73 Å². The van der Waals surface area contributed by atoms with Crippen molar-refractivity contribution in [3.05, 3.63) is 30.3 Å². The van der Waals surface area contributed by atoms with E-state index >= 15 is 0 Å². The summed E-state index contributed by atoms with van der Waals surface area (Å²) in [5, 5.41) is 0.559. The lowest BCUT2D eigenvalue weighted by atomic mass is 10.2. The number of nitrogen functional groups attached to an aromatic ring is 1. The van der Waals surface area contributed by atoms with Crippen molar-refractivity contribution >= 4 is 29.1 Å². The molecule has 0 fully saturated rings. The largest absolute Gasteiger partial charge is 0.375 e. The quantitative estimate of drug-likeness (QED) is 0.707. The summed E-state index contributed by atoms with van der Waals surface area (Å²) in [7, 11) is 0. The fraction of sp³-hybridized carbons (Fsp3) is 0. The molecule has 0 atom stereocenters. The number of nitrogens with two attached hydrogens (primary N) is 1. The van der Waals surface area contributed by atoms with Crippen LogP contribution < -0.4 is 5.73 Å². The van der Waals surface area contributed by atoms with E-state index in [-0.39, 0.29) is 0 Å². The van der Waals surface area contributed by atoms with Gasteiger partial charge in [0.05, 0.1) is 9.90 Å². The Morgan fingerprint density at radius 2 is 1.92 bits per heavy atom. The van der Waals surface area contributed by atoms with Crippen molar-refractivity contribution < 1.29 is 0 Å². The van der Waals surface area contributed by atoms with Crippen LogP contribution in [0.1, 0.15) is 0 Å². The third-order valence-electron chi connectivity index (χ3n) is 1.67. The molecule has 1 aromatic heterocycles. The van der Waals surface area contributed by atoms with Crippen LogP contribution in [0.25, 0.3) is 11.3 Å². The number of hydrogen-bond acceptors (Lipinski definition) is 4. The number of benzene rings is 1. The molecule has 0 aliphatic heterocycles. The second-order valence-corrected chi connectivity index (χ2v) is 4.35. The number of aromatic nitrogens is 1. The van der Waals surface area contributed by atoms with Crippen LogP contribution in [0, 0.1) is 0 Å². The number of hydrogen-bond donors (Lipinski definition) is 2. The SMILES string of the molecule is Nc1nc(-c2ccccc2)c(S)s1. The highest BCUT2D eigenvalue weighted by Gasteiger charge is 2.07. The van der Waals surface area contributed by atoms with Crippen LogP contribution in [-0.2, 0) is 0 Å². The number of thiol groups is 1. The first kappa shape index (κ1) is 8.59. The van der Waals surface area contributed by atoms with Gasteiger partial charge in [0.25, 0.3) is 0 Å². The Morgan fingerprint density at radius 3 is 2.46 bits per heavy atom. The monoisotopic (exact) mass is 208 g/mol. The molecule has 0 aliphatic rings. The van der Waals surface area contributed by atoms with E-state index in [0.29, 0.717) is 5.13 Å². The highest BCUT2D eigenvalue weighted by Crippen LogP contribution is 2.31. The summed E-state index contributed by atoms with van der Waals surface area (Å²) in [6, 6.07) is 9.90. The van der Waals surface area contributed by atoms with E-state index < -0.39 is 0 Å². The minimum atomic E-state index is 0.559. The molecular weight excluding hydrogens is 200 g/mol. The van der Waals surface area contributed by atoms with Crippen LogP contribution in [0.15, 0.2) is 34.5 Å². The molecule has 1 aromatic carbocycles. The molecule has 2 nitrogen and oxygen atoms in total. The van der Waals surface area contributed by atoms with Crippen molar-refractivity contribution in [2.45, 2.75) is 4.21 Å². The van der Waals surface area contributed by atoms with Gasteiger partial charge in [0.15, 0.2) is 5.13 Å². The molecule has 0 saturated heterocycles. The Labute approximate surface area is 85.8 Å². The van der Waals surface area contributed by atoms with Gasteiger partial charge in [0.2, 0.25) is 0 Å². The number of thiazole rings is 1. The number of anilines is 1. The van der Waals surface area contributed by atoms with Crippen molar-refractivity contribution in [2.75, 3.05) is 5.73 Å². The zero-order valence-electron chi connectivity index (χ0n) is 6.77. The van der Waals surface area contributed by atoms with Gasteiger partial charge in [-0.25, -0.2) is 4.98 Å². The van der Waals surface area contributed by atoms with Crippen molar-refractivity contribution in [1.82, 2.24) is 4.98 Å². The lowest BCUT2D eigenvalue weighted by Gasteiger charge is -1.95. The first-order valence-electron chi connectivity index (χ1n) is 3.78. The molecule has 0 saturated carbocycles. The van der Waals surface area contributed by atoms with E-state index in [1.807, 2.05) is 30.3 Å². The summed E-state index contributed by atoms with van der Waals surface area (Å²) in [5.74, 6) is 0. The van der Waals surface area contributed by atoms with Gasteiger partial charge in [-0.1, -0.05) is 41.7 Å². The smallest absolute Gasteiger partial charge is 0.181 e. The highest BCUT2D eigenvalue weighted by atomic mass is 32.2. The van der Waals surface area contributed by atoms with Crippen molar-refractivity contribution in [3.8, 4) is 11.3 Å². The van der Waals surface area contributed by atoms with Crippen molar-refractivity contribution in [1.29, 1.82) is 0 Å². The maximum atomic E-state index is 5.58. The van der Waals surface area contributed by atoms with Crippen LogP contribution in [0.3, 0.4) is 0 Å². The number of nitrogens with zero attached hydrogens (tertiary/aromatic N) is 1. The zero-order chi connectivity index (χ0) is 9.26. The second-order valence-electron chi connectivity index (χ2n) is 2.57. The Hall–Kier alpha value is -1.000. The van der Waals surface area contributed by atoms with Crippen LogP contribution in [-0.4, -0.2) is 4.98 Å². The predicted molar refractivity (Wildman–Crippen MR) is 59.2 cm³/mol. The van der Waals surface area contributed by atoms with Gasteiger partial charge in [-0.15, -0.1) is 12.6 Å². The summed E-state index contributed by atoms with van der Waals surface area (Å²) < 4.78 is 0.865.